The lowest BCUT2D eigenvalue weighted by Gasteiger charge is -2.33. The number of aromatic nitrogens is 3. The summed E-state index contributed by atoms with van der Waals surface area (Å²) in [6.07, 6.45) is 3.31. The van der Waals surface area contributed by atoms with E-state index in [4.69, 9.17) is 21.1 Å². The van der Waals surface area contributed by atoms with Crippen LogP contribution < -0.4 is 9.64 Å². The highest BCUT2D eigenvalue weighted by atomic mass is 35.5. The zero-order valence-electron chi connectivity index (χ0n) is 16.8. The third-order valence-electron chi connectivity index (χ3n) is 4.81. The first-order valence-corrected chi connectivity index (χ1v) is 11.0. The van der Waals surface area contributed by atoms with Gasteiger partial charge in [-0.2, -0.15) is 0 Å². The van der Waals surface area contributed by atoms with Crippen molar-refractivity contribution in [2.45, 2.75) is 32.5 Å². The number of carbonyl (C=O) groups excluding carboxylic acids is 1. The van der Waals surface area contributed by atoms with Gasteiger partial charge >= 0.3 is 5.97 Å². The molecule has 3 heterocycles. The first-order valence-electron chi connectivity index (χ1n) is 9.77. The zero-order chi connectivity index (χ0) is 21.8. The smallest absolute Gasteiger partial charge is 0.303 e. The van der Waals surface area contributed by atoms with Gasteiger partial charge in [-0.3, -0.25) is 4.79 Å². The van der Waals surface area contributed by atoms with Crippen LogP contribution in [0.2, 0.25) is 5.02 Å². The van der Waals surface area contributed by atoms with Gasteiger partial charge in [-0.1, -0.05) is 22.9 Å². The fraction of sp³-hybridized carbons (Fsp3) is 0.333. The second-order valence-electron chi connectivity index (χ2n) is 7.07. The molecule has 0 amide bonds. The molecule has 1 aromatic carbocycles. The van der Waals surface area contributed by atoms with Crippen LogP contribution in [0.25, 0.3) is 10.6 Å². The highest BCUT2D eigenvalue weighted by Gasteiger charge is 2.22. The molecular weight excluding hydrogens is 443 g/mol. The number of esters is 1. The van der Waals surface area contributed by atoms with Gasteiger partial charge in [0, 0.05) is 50.7 Å². The summed E-state index contributed by atoms with van der Waals surface area (Å²) >= 11 is 7.46. The Bertz CT molecular complexity index is 1060. The summed E-state index contributed by atoms with van der Waals surface area (Å²) in [7, 11) is 0. The molecule has 162 valence electrons. The molecule has 2 aromatic heterocycles. The molecule has 0 spiro atoms. The largest absolute Gasteiger partial charge is 0.489 e. The molecule has 10 heteroatoms. The number of ether oxygens (including phenoxy) is 2. The van der Waals surface area contributed by atoms with Gasteiger partial charge in [0.05, 0.1) is 5.02 Å². The van der Waals surface area contributed by atoms with Crippen molar-refractivity contribution in [2.75, 3.05) is 18.0 Å². The summed E-state index contributed by atoms with van der Waals surface area (Å²) in [5, 5.41) is 9.94. The van der Waals surface area contributed by atoms with E-state index in [1.807, 2.05) is 12.1 Å². The predicted molar refractivity (Wildman–Crippen MR) is 116 cm³/mol. The molecule has 0 saturated carbocycles. The Morgan fingerprint density at radius 1 is 1.26 bits per heavy atom. The number of benzene rings is 1. The summed E-state index contributed by atoms with van der Waals surface area (Å²) in [5.74, 6) is 0.536. The second-order valence-corrected chi connectivity index (χ2v) is 8.53. The Balaban J connectivity index is 1.33. The van der Waals surface area contributed by atoms with Crippen LogP contribution in [0, 0.1) is 5.82 Å². The van der Waals surface area contributed by atoms with Crippen molar-refractivity contribution in [1.82, 2.24) is 15.2 Å². The van der Waals surface area contributed by atoms with E-state index in [9.17, 15) is 9.18 Å². The second kappa shape index (κ2) is 9.57. The summed E-state index contributed by atoms with van der Waals surface area (Å²) in [4.78, 5) is 17.7. The molecule has 1 fully saturated rings. The number of hydrogen-bond donors (Lipinski definition) is 0. The summed E-state index contributed by atoms with van der Waals surface area (Å²) in [6, 6.07) is 8.04. The summed E-state index contributed by atoms with van der Waals surface area (Å²) in [5.41, 5.74) is 0.856. The molecule has 0 bridgehead atoms. The topological polar surface area (TPSA) is 77.4 Å². The van der Waals surface area contributed by atoms with Crippen LogP contribution in [0.3, 0.4) is 0 Å². The molecule has 4 rings (SSSR count). The molecule has 1 saturated heterocycles. The average molecular weight is 463 g/mol. The molecular formula is C21H20ClFN4O3S. The maximum Gasteiger partial charge on any atom is 0.303 e. The van der Waals surface area contributed by atoms with Crippen LogP contribution in [0.1, 0.15) is 24.8 Å². The van der Waals surface area contributed by atoms with E-state index in [1.165, 1.54) is 36.5 Å². The van der Waals surface area contributed by atoms with Gasteiger partial charge in [-0.15, -0.1) is 10.2 Å². The van der Waals surface area contributed by atoms with Gasteiger partial charge in [-0.05, 0) is 24.3 Å². The highest BCUT2D eigenvalue weighted by Crippen LogP contribution is 2.29. The Morgan fingerprint density at radius 3 is 2.77 bits per heavy atom. The first kappa shape index (κ1) is 21.5. The number of rotatable bonds is 6. The molecule has 0 N–H and O–H groups in total. The first-order chi connectivity index (χ1) is 15.0. The van der Waals surface area contributed by atoms with Gasteiger partial charge in [0.1, 0.15) is 35.1 Å². The fourth-order valence-electron chi connectivity index (χ4n) is 3.24. The molecule has 1 aliphatic rings. The minimum atomic E-state index is -0.366. The third kappa shape index (κ3) is 5.48. The van der Waals surface area contributed by atoms with Crippen LogP contribution in [-0.2, 0) is 16.1 Å². The van der Waals surface area contributed by atoms with E-state index < -0.39 is 0 Å². The third-order valence-corrected chi connectivity index (χ3v) is 6.07. The number of piperidine rings is 1. The minimum absolute atomic E-state index is 0.0214. The fourth-order valence-corrected chi connectivity index (χ4v) is 4.15. The lowest BCUT2D eigenvalue weighted by atomic mass is 10.1. The molecule has 0 aliphatic carbocycles. The van der Waals surface area contributed by atoms with Crippen LogP contribution >= 0.6 is 22.9 Å². The maximum atomic E-state index is 13.4. The number of carbonyl (C=O) groups is 1. The Kier molecular flexibility index (Phi) is 6.62. The summed E-state index contributed by atoms with van der Waals surface area (Å²) < 4.78 is 24.3. The Hall–Kier alpha value is -2.78. The Labute approximate surface area is 187 Å². The Morgan fingerprint density at radius 2 is 2.06 bits per heavy atom. The number of hydrogen-bond acceptors (Lipinski definition) is 8. The zero-order valence-corrected chi connectivity index (χ0v) is 18.3. The molecule has 0 unspecified atom stereocenters. The van der Waals surface area contributed by atoms with Crippen molar-refractivity contribution in [3.05, 3.63) is 52.4 Å². The van der Waals surface area contributed by atoms with Crippen molar-refractivity contribution in [2.24, 2.45) is 0 Å². The standard InChI is InChI=1S/C21H20ClFN4O3S/c1-13(28)29-12-20-25-26-21(31-20)14-2-5-19(24-11-14)27-8-6-16(7-9-27)30-18-10-15(23)3-4-17(18)22/h2-5,10-11,16H,6-9,12H2,1H3. The van der Waals surface area contributed by atoms with Crippen molar-refractivity contribution in [3.63, 3.8) is 0 Å². The number of pyridine rings is 1. The normalized spacial score (nSPS) is 14.5. The van der Waals surface area contributed by atoms with Crippen LogP contribution in [0.15, 0.2) is 36.5 Å². The van der Waals surface area contributed by atoms with E-state index in [1.54, 1.807) is 6.20 Å². The average Bonchev–Trinajstić information content (AvgIpc) is 3.25. The quantitative estimate of drug-likeness (QED) is 0.499. The van der Waals surface area contributed by atoms with Crippen LogP contribution in [0.4, 0.5) is 10.2 Å². The van der Waals surface area contributed by atoms with E-state index >= 15 is 0 Å². The van der Waals surface area contributed by atoms with E-state index in [0.717, 1.165) is 42.3 Å². The van der Waals surface area contributed by atoms with Crippen LogP contribution in [-0.4, -0.2) is 40.3 Å². The highest BCUT2D eigenvalue weighted by molar-refractivity contribution is 7.14. The SMILES string of the molecule is CC(=O)OCc1nnc(-c2ccc(N3CCC(Oc4cc(F)ccc4Cl)CC3)nc2)s1. The number of anilines is 1. The van der Waals surface area contributed by atoms with Gasteiger partial charge in [0.15, 0.2) is 5.01 Å². The lowest BCUT2D eigenvalue weighted by Crippen LogP contribution is -2.38. The van der Waals surface area contributed by atoms with E-state index in [-0.39, 0.29) is 24.5 Å². The van der Waals surface area contributed by atoms with Crippen molar-refractivity contribution < 1.29 is 18.7 Å². The van der Waals surface area contributed by atoms with Gasteiger partial charge in [-0.25, -0.2) is 9.37 Å². The van der Waals surface area contributed by atoms with Crippen molar-refractivity contribution in [3.8, 4) is 16.3 Å². The van der Waals surface area contributed by atoms with Gasteiger partial charge < -0.3 is 14.4 Å². The van der Waals surface area contributed by atoms with Crippen molar-refractivity contribution in [1.29, 1.82) is 0 Å². The number of halogens is 2. The number of nitrogens with zero attached hydrogens (tertiary/aromatic N) is 4. The summed E-state index contributed by atoms with van der Waals surface area (Å²) in [6.45, 7) is 3.02. The van der Waals surface area contributed by atoms with Crippen molar-refractivity contribution >= 4 is 34.7 Å². The van der Waals surface area contributed by atoms with Crippen LogP contribution in [0.5, 0.6) is 5.75 Å². The predicted octanol–water partition coefficient (Wildman–Crippen LogP) is 4.50. The molecule has 3 aromatic rings. The van der Waals surface area contributed by atoms with E-state index in [2.05, 4.69) is 20.1 Å². The molecule has 1 aliphatic heterocycles. The monoisotopic (exact) mass is 462 g/mol. The molecule has 31 heavy (non-hydrogen) atoms. The van der Waals surface area contributed by atoms with Gasteiger partial charge in [0.2, 0.25) is 0 Å². The minimum Gasteiger partial charge on any atom is -0.489 e. The molecule has 0 atom stereocenters. The van der Waals surface area contributed by atoms with Gasteiger partial charge in [0.25, 0.3) is 0 Å². The van der Waals surface area contributed by atoms with E-state index in [0.29, 0.717) is 15.8 Å². The maximum absolute atomic E-state index is 13.4. The molecule has 7 nitrogen and oxygen atoms in total. The molecule has 0 radical (unpaired) electrons. The lowest BCUT2D eigenvalue weighted by molar-refractivity contribution is -0.142.